The molecule has 1 aliphatic carbocycles. The van der Waals surface area contributed by atoms with E-state index in [-0.39, 0.29) is 5.54 Å². The third-order valence-electron chi connectivity index (χ3n) is 3.34. The van der Waals surface area contributed by atoms with Gasteiger partial charge in [0, 0.05) is 18.4 Å². The van der Waals surface area contributed by atoms with Crippen molar-refractivity contribution in [1.82, 2.24) is 9.97 Å². The molecule has 2 aliphatic rings. The summed E-state index contributed by atoms with van der Waals surface area (Å²) in [7, 11) is 0. The second-order valence-corrected chi connectivity index (χ2v) is 4.63. The van der Waals surface area contributed by atoms with Crippen LogP contribution in [-0.2, 0) is 23.1 Å². The minimum absolute atomic E-state index is 0.309. The van der Waals surface area contributed by atoms with Gasteiger partial charge < -0.3 is 16.2 Å². The highest BCUT2D eigenvalue weighted by Crippen LogP contribution is 2.41. The molecule has 0 radical (unpaired) electrons. The Hall–Kier alpha value is -1.20. The van der Waals surface area contributed by atoms with E-state index in [2.05, 4.69) is 9.97 Å². The number of hydrogen-bond acceptors (Lipinski definition) is 5. The molecule has 0 saturated heterocycles. The van der Waals surface area contributed by atoms with Gasteiger partial charge in [-0.3, -0.25) is 0 Å². The first-order valence-electron chi connectivity index (χ1n) is 5.71. The highest BCUT2D eigenvalue weighted by molar-refractivity contribution is 5.44. The van der Waals surface area contributed by atoms with Crippen molar-refractivity contribution in [2.45, 2.75) is 31.2 Å². The Morgan fingerprint density at radius 3 is 2.62 bits per heavy atom. The summed E-state index contributed by atoms with van der Waals surface area (Å²) < 4.78 is 5.42. The highest BCUT2D eigenvalue weighted by Gasteiger charge is 2.43. The monoisotopic (exact) mass is 220 g/mol. The normalized spacial score (nSPS) is 22.3. The summed E-state index contributed by atoms with van der Waals surface area (Å²) >= 11 is 0. The smallest absolute Gasteiger partial charge is 0.150 e. The first kappa shape index (κ1) is 9.99. The van der Waals surface area contributed by atoms with E-state index in [0.29, 0.717) is 24.9 Å². The summed E-state index contributed by atoms with van der Waals surface area (Å²) in [4.78, 5) is 8.92. The van der Waals surface area contributed by atoms with Crippen molar-refractivity contribution in [3.8, 4) is 0 Å². The van der Waals surface area contributed by atoms with Crippen molar-refractivity contribution in [2.75, 3.05) is 18.9 Å². The van der Waals surface area contributed by atoms with Gasteiger partial charge in [-0.25, -0.2) is 9.97 Å². The average molecular weight is 220 g/mol. The second kappa shape index (κ2) is 3.40. The van der Waals surface area contributed by atoms with Crippen LogP contribution in [0.5, 0.6) is 0 Å². The molecule has 1 aromatic rings. The molecule has 5 nitrogen and oxygen atoms in total. The summed E-state index contributed by atoms with van der Waals surface area (Å²) in [6, 6.07) is 0. The van der Waals surface area contributed by atoms with Gasteiger partial charge in [-0.1, -0.05) is 0 Å². The van der Waals surface area contributed by atoms with Gasteiger partial charge in [0.2, 0.25) is 0 Å². The molecule has 1 fully saturated rings. The van der Waals surface area contributed by atoms with E-state index in [9.17, 15) is 0 Å². The number of fused-ring (bicyclic) bond motifs is 1. The van der Waals surface area contributed by atoms with Crippen LogP contribution in [0.15, 0.2) is 0 Å². The number of aromatic nitrogens is 2. The van der Waals surface area contributed by atoms with E-state index < -0.39 is 0 Å². The Kier molecular flexibility index (Phi) is 2.12. The summed E-state index contributed by atoms with van der Waals surface area (Å²) in [6.07, 6.45) is 3.54. The van der Waals surface area contributed by atoms with Gasteiger partial charge in [0.25, 0.3) is 0 Å². The largest absolute Gasteiger partial charge is 0.383 e. The predicted octanol–water partition coefficient (Wildman–Crippen LogP) is 0.122. The van der Waals surface area contributed by atoms with Crippen LogP contribution in [-0.4, -0.2) is 23.2 Å². The molecule has 1 saturated carbocycles. The first-order chi connectivity index (χ1) is 7.69. The van der Waals surface area contributed by atoms with Crippen LogP contribution in [0, 0.1) is 0 Å². The van der Waals surface area contributed by atoms with E-state index >= 15 is 0 Å². The van der Waals surface area contributed by atoms with Crippen molar-refractivity contribution in [3.63, 3.8) is 0 Å². The Bertz CT molecular complexity index is 428. The Balaban J connectivity index is 2.05. The number of anilines is 1. The quantitative estimate of drug-likeness (QED) is 0.702. The van der Waals surface area contributed by atoms with Gasteiger partial charge in [-0.2, -0.15) is 0 Å². The number of rotatable bonds is 1. The van der Waals surface area contributed by atoms with Crippen LogP contribution in [0.4, 0.5) is 5.82 Å². The minimum atomic E-state index is -0.309. The van der Waals surface area contributed by atoms with Crippen LogP contribution < -0.4 is 11.5 Å². The lowest BCUT2D eigenvalue weighted by Crippen LogP contribution is -2.24. The first-order valence-corrected chi connectivity index (χ1v) is 5.71. The predicted molar refractivity (Wildman–Crippen MR) is 59.8 cm³/mol. The number of ether oxygens (including phenoxy) is 1. The fourth-order valence-electron chi connectivity index (χ4n) is 2.05. The summed E-state index contributed by atoms with van der Waals surface area (Å²) in [5.74, 6) is 1.30. The van der Waals surface area contributed by atoms with Crippen molar-refractivity contribution >= 4 is 5.82 Å². The van der Waals surface area contributed by atoms with Crippen LogP contribution in [0.25, 0.3) is 0 Å². The van der Waals surface area contributed by atoms with Gasteiger partial charge >= 0.3 is 0 Å². The van der Waals surface area contributed by atoms with Crippen molar-refractivity contribution in [3.05, 3.63) is 17.1 Å². The van der Waals surface area contributed by atoms with Crippen LogP contribution in [0.1, 0.15) is 29.9 Å². The third-order valence-corrected chi connectivity index (χ3v) is 3.34. The number of nitrogens with two attached hydrogens (primary N) is 2. The van der Waals surface area contributed by atoms with Crippen LogP contribution in [0.3, 0.4) is 0 Å². The minimum Gasteiger partial charge on any atom is -0.383 e. The van der Waals surface area contributed by atoms with Crippen molar-refractivity contribution in [2.24, 2.45) is 5.73 Å². The van der Waals surface area contributed by atoms with E-state index in [1.807, 2.05) is 0 Å². The molecule has 0 amide bonds. The zero-order valence-corrected chi connectivity index (χ0v) is 9.20. The molecule has 1 aromatic heterocycles. The molecule has 16 heavy (non-hydrogen) atoms. The maximum atomic E-state index is 6.10. The Morgan fingerprint density at radius 2 is 1.88 bits per heavy atom. The lowest BCUT2D eigenvalue weighted by atomic mass is 10.1. The Labute approximate surface area is 94.2 Å². The highest BCUT2D eigenvalue weighted by atomic mass is 16.5. The number of hydrogen-bond donors (Lipinski definition) is 2. The lowest BCUT2D eigenvalue weighted by molar-refractivity contribution is 0.146. The number of nitrogens with zero attached hydrogens (tertiary/aromatic N) is 2. The molecule has 0 unspecified atom stereocenters. The molecule has 0 atom stereocenters. The van der Waals surface area contributed by atoms with E-state index in [4.69, 9.17) is 16.2 Å². The molecule has 0 aromatic carbocycles. The van der Waals surface area contributed by atoms with Gasteiger partial charge in [0.15, 0.2) is 5.82 Å². The molecule has 4 N–H and O–H groups in total. The summed E-state index contributed by atoms with van der Waals surface area (Å²) in [5, 5.41) is 0. The van der Waals surface area contributed by atoms with E-state index in [1.54, 1.807) is 0 Å². The van der Waals surface area contributed by atoms with Crippen LogP contribution >= 0.6 is 0 Å². The van der Waals surface area contributed by atoms with Gasteiger partial charge in [0.05, 0.1) is 24.4 Å². The Morgan fingerprint density at radius 1 is 1.12 bits per heavy atom. The van der Waals surface area contributed by atoms with Crippen molar-refractivity contribution < 1.29 is 4.74 Å². The molecule has 2 heterocycles. The standard InChI is InChI=1S/C11H16N4O/c12-9-7-1-5-16-6-2-8(7)14-10(15-9)11(13)3-4-11/h1-6,13H2,(H2,12,14,15). The van der Waals surface area contributed by atoms with Gasteiger partial charge in [-0.05, 0) is 12.8 Å². The van der Waals surface area contributed by atoms with E-state index in [0.717, 1.165) is 36.9 Å². The molecule has 3 rings (SSSR count). The SMILES string of the molecule is Nc1nc(C2(N)CC2)nc2c1CCOCC2. The fraction of sp³-hybridized carbons (Fsp3) is 0.636. The van der Waals surface area contributed by atoms with Crippen molar-refractivity contribution in [1.29, 1.82) is 0 Å². The van der Waals surface area contributed by atoms with E-state index in [1.165, 1.54) is 0 Å². The molecule has 86 valence electrons. The molecular formula is C11H16N4O. The van der Waals surface area contributed by atoms with Crippen LogP contribution in [0.2, 0.25) is 0 Å². The lowest BCUT2D eigenvalue weighted by Gasteiger charge is -2.13. The maximum absolute atomic E-state index is 6.10. The third kappa shape index (κ3) is 1.56. The number of nitrogen functional groups attached to an aromatic ring is 1. The molecule has 0 bridgehead atoms. The van der Waals surface area contributed by atoms with Gasteiger partial charge in [-0.15, -0.1) is 0 Å². The fourth-order valence-corrected chi connectivity index (χ4v) is 2.05. The zero-order valence-electron chi connectivity index (χ0n) is 9.20. The maximum Gasteiger partial charge on any atom is 0.150 e. The molecule has 5 heteroatoms. The summed E-state index contributed by atoms with van der Waals surface area (Å²) in [6.45, 7) is 1.41. The van der Waals surface area contributed by atoms with Gasteiger partial charge in [0.1, 0.15) is 5.82 Å². The second-order valence-electron chi connectivity index (χ2n) is 4.63. The molecular weight excluding hydrogens is 204 g/mol. The molecule has 0 spiro atoms. The summed E-state index contributed by atoms with van der Waals surface area (Å²) in [5.41, 5.74) is 13.8. The molecule has 1 aliphatic heterocycles. The average Bonchev–Trinajstić information content (AvgIpc) is 3.02. The zero-order chi connectivity index (χ0) is 11.2. The topological polar surface area (TPSA) is 87.0 Å².